The number of non-ortho nitro benzene ring substituents is 1. The topological polar surface area (TPSA) is 83.7 Å². The third-order valence-corrected chi connectivity index (χ3v) is 2.56. The van der Waals surface area contributed by atoms with Gasteiger partial charge in [-0.15, -0.1) is 6.58 Å². The van der Waals surface area contributed by atoms with Crippen LogP contribution in [0.25, 0.3) is 0 Å². The summed E-state index contributed by atoms with van der Waals surface area (Å²) in [4.78, 5) is 22.7. The lowest BCUT2D eigenvalue weighted by Gasteiger charge is -2.19. The van der Waals surface area contributed by atoms with Crippen molar-refractivity contribution in [1.29, 1.82) is 0 Å². The number of carboxylic acid groups (broad SMARTS) is 1. The lowest BCUT2D eigenvalue weighted by atomic mass is 10.2. The van der Waals surface area contributed by atoms with Gasteiger partial charge in [-0.05, 0) is 5.56 Å². The zero-order valence-corrected chi connectivity index (χ0v) is 10.5. The number of aliphatic carboxylic acids is 1. The highest BCUT2D eigenvalue weighted by Gasteiger charge is 2.10. The largest absolute Gasteiger partial charge is 0.481 e. The van der Waals surface area contributed by atoms with E-state index in [4.69, 9.17) is 5.11 Å². The molecule has 19 heavy (non-hydrogen) atoms. The van der Waals surface area contributed by atoms with Gasteiger partial charge in [0.25, 0.3) is 5.69 Å². The summed E-state index contributed by atoms with van der Waals surface area (Å²) < 4.78 is 0. The Morgan fingerprint density at radius 3 is 2.84 bits per heavy atom. The van der Waals surface area contributed by atoms with Crippen LogP contribution in [0, 0.1) is 10.1 Å². The summed E-state index contributed by atoms with van der Waals surface area (Å²) in [6.45, 7) is 4.99. The van der Waals surface area contributed by atoms with Crippen molar-refractivity contribution in [3.05, 3.63) is 52.6 Å². The van der Waals surface area contributed by atoms with E-state index in [0.717, 1.165) is 5.56 Å². The number of rotatable bonds is 8. The molecule has 0 unspecified atom stereocenters. The summed E-state index contributed by atoms with van der Waals surface area (Å²) in [5.41, 5.74) is 0.815. The Hall–Kier alpha value is -2.21. The van der Waals surface area contributed by atoms with Crippen LogP contribution in [0.5, 0.6) is 0 Å². The molecule has 0 aromatic heterocycles. The van der Waals surface area contributed by atoms with E-state index in [1.54, 1.807) is 18.2 Å². The molecule has 0 spiro atoms. The maximum atomic E-state index is 10.7. The van der Waals surface area contributed by atoms with Gasteiger partial charge >= 0.3 is 5.97 Å². The molecule has 0 radical (unpaired) electrons. The van der Waals surface area contributed by atoms with Crippen molar-refractivity contribution in [3.63, 3.8) is 0 Å². The highest BCUT2D eigenvalue weighted by molar-refractivity contribution is 5.66. The predicted molar refractivity (Wildman–Crippen MR) is 70.8 cm³/mol. The molecule has 0 saturated heterocycles. The third-order valence-electron chi connectivity index (χ3n) is 2.56. The summed E-state index contributed by atoms with van der Waals surface area (Å²) in [5.74, 6) is -0.867. The fourth-order valence-electron chi connectivity index (χ4n) is 1.70. The predicted octanol–water partition coefficient (Wildman–Crippen LogP) is 2.06. The number of carboxylic acids is 1. The van der Waals surface area contributed by atoms with E-state index in [1.807, 2.05) is 4.90 Å². The second-order valence-corrected chi connectivity index (χ2v) is 4.09. The average molecular weight is 264 g/mol. The molecule has 0 aliphatic heterocycles. The molecule has 1 aromatic carbocycles. The molecule has 0 bridgehead atoms. The number of hydrogen-bond donors (Lipinski definition) is 1. The van der Waals surface area contributed by atoms with Crippen molar-refractivity contribution < 1.29 is 14.8 Å². The number of hydrogen-bond acceptors (Lipinski definition) is 4. The molecule has 1 aromatic rings. The van der Waals surface area contributed by atoms with Crippen molar-refractivity contribution in [2.45, 2.75) is 13.0 Å². The van der Waals surface area contributed by atoms with Crippen LogP contribution in [0.2, 0.25) is 0 Å². The van der Waals surface area contributed by atoms with Gasteiger partial charge in [-0.2, -0.15) is 0 Å². The lowest BCUT2D eigenvalue weighted by Crippen LogP contribution is -2.26. The Labute approximate surface area is 111 Å². The summed E-state index contributed by atoms with van der Waals surface area (Å²) in [6, 6.07) is 6.33. The quantitative estimate of drug-likeness (QED) is 0.441. The van der Waals surface area contributed by atoms with E-state index in [9.17, 15) is 14.9 Å². The van der Waals surface area contributed by atoms with Crippen LogP contribution in [0.1, 0.15) is 12.0 Å². The van der Waals surface area contributed by atoms with Gasteiger partial charge in [0.1, 0.15) is 0 Å². The zero-order valence-electron chi connectivity index (χ0n) is 10.5. The zero-order chi connectivity index (χ0) is 14.3. The van der Waals surface area contributed by atoms with Gasteiger partial charge in [-0.1, -0.05) is 18.2 Å². The Morgan fingerprint density at radius 2 is 2.26 bits per heavy atom. The van der Waals surface area contributed by atoms with Crippen LogP contribution in [-0.2, 0) is 11.3 Å². The second kappa shape index (κ2) is 7.27. The van der Waals surface area contributed by atoms with Crippen LogP contribution in [0.15, 0.2) is 36.9 Å². The first kappa shape index (κ1) is 14.8. The van der Waals surface area contributed by atoms with Crippen LogP contribution >= 0.6 is 0 Å². The monoisotopic (exact) mass is 264 g/mol. The molecule has 6 heteroatoms. The molecule has 102 valence electrons. The molecule has 0 heterocycles. The van der Waals surface area contributed by atoms with Crippen molar-refractivity contribution in [2.24, 2.45) is 0 Å². The van der Waals surface area contributed by atoms with E-state index in [-0.39, 0.29) is 12.1 Å². The van der Waals surface area contributed by atoms with Gasteiger partial charge in [0.15, 0.2) is 0 Å². The number of nitrogens with zero attached hydrogens (tertiary/aromatic N) is 2. The Balaban J connectivity index is 2.72. The number of carbonyl (C=O) groups is 1. The summed E-state index contributed by atoms with van der Waals surface area (Å²) in [5, 5.41) is 19.3. The lowest BCUT2D eigenvalue weighted by molar-refractivity contribution is -0.384. The standard InChI is InChI=1S/C13H16N2O4/c1-2-7-14(8-6-13(16)17)10-11-4-3-5-12(9-11)15(18)19/h2-5,9H,1,6-8,10H2,(H,16,17). The number of nitro benzene ring substituents is 1. The molecular formula is C13H16N2O4. The highest BCUT2D eigenvalue weighted by atomic mass is 16.6. The molecule has 0 aliphatic carbocycles. The first-order valence-electron chi connectivity index (χ1n) is 5.81. The van der Waals surface area contributed by atoms with Gasteiger partial charge in [0.2, 0.25) is 0 Å². The molecule has 0 fully saturated rings. The van der Waals surface area contributed by atoms with E-state index in [1.165, 1.54) is 12.1 Å². The minimum absolute atomic E-state index is 0.0305. The minimum atomic E-state index is -0.867. The maximum Gasteiger partial charge on any atom is 0.304 e. The maximum absolute atomic E-state index is 10.7. The Morgan fingerprint density at radius 1 is 1.53 bits per heavy atom. The van der Waals surface area contributed by atoms with Gasteiger partial charge < -0.3 is 5.11 Å². The van der Waals surface area contributed by atoms with Crippen molar-refractivity contribution in [1.82, 2.24) is 4.90 Å². The van der Waals surface area contributed by atoms with Crippen LogP contribution in [0.3, 0.4) is 0 Å². The van der Waals surface area contributed by atoms with Crippen molar-refractivity contribution in [2.75, 3.05) is 13.1 Å². The van der Waals surface area contributed by atoms with E-state index in [2.05, 4.69) is 6.58 Å². The van der Waals surface area contributed by atoms with Crippen LogP contribution < -0.4 is 0 Å². The van der Waals surface area contributed by atoms with Crippen LogP contribution in [-0.4, -0.2) is 34.0 Å². The SMILES string of the molecule is C=CCN(CCC(=O)O)Cc1cccc([N+](=O)[O-])c1. The molecule has 0 aliphatic rings. The molecule has 0 atom stereocenters. The Kier molecular flexibility index (Phi) is 5.69. The molecule has 0 saturated carbocycles. The normalized spacial score (nSPS) is 10.4. The summed E-state index contributed by atoms with van der Waals surface area (Å²) >= 11 is 0. The van der Waals surface area contributed by atoms with Gasteiger partial charge in [0, 0.05) is 31.8 Å². The van der Waals surface area contributed by atoms with Gasteiger partial charge in [-0.3, -0.25) is 19.8 Å². The van der Waals surface area contributed by atoms with Gasteiger partial charge in [-0.25, -0.2) is 0 Å². The van der Waals surface area contributed by atoms with E-state index in [0.29, 0.717) is 19.6 Å². The highest BCUT2D eigenvalue weighted by Crippen LogP contribution is 2.14. The molecule has 1 N–H and O–H groups in total. The second-order valence-electron chi connectivity index (χ2n) is 4.09. The van der Waals surface area contributed by atoms with E-state index >= 15 is 0 Å². The molecular weight excluding hydrogens is 248 g/mol. The molecule has 0 amide bonds. The molecule has 6 nitrogen and oxygen atoms in total. The molecule has 1 rings (SSSR count). The van der Waals surface area contributed by atoms with Gasteiger partial charge in [0.05, 0.1) is 11.3 Å². The summed E-state index contributed by atoms with van der Waals surface area (Å²) in [6.07, 6.45) is 1.71. The number of benzene rings is 1. The first-order chi connectivity index (χ1) is 9.02. The summed E-state index contributed by atoms with van der Waals surface area (Å²) in [7, 11) is 0. The van der Waals surface area contributed by atoms with Crippen molar-refractivity contribution in [3.8, 4) is 0 Å². The number of nitro groups is 1. The fraction of sp³-hybridized carbons (Fsp3) is 0.308. The van der Waals surface area contributed by atoms with E-state index < -0.39 is 10.9 Å². The third kappa shape index (κ3) is 5.31. The fourth-order valence-corrected chi connectivity index (χ4v) is 1.70. The smallest absolute Gasteiger partial charge is 0.304 e. The average Bonchev–Trinajstić information content (AvgIpc) is 2.36. The first-order valence-corrected chi connectivity index (χ1v) is 5.81. The Bertz CT molecular complexity index is 473. The van der Waals surface area contributed by atoms with Crippen molar-refractivity contribution >= 4 is 11.7 Å². The van der Waals surface area contributed by atoms with Crippen LogP contribution in [0.4, 0.5) is 5.69 Å². The minimum Gasteiger partial charge on any atom is -0.481 e.